The van der Waals surface area contributed by atoms with E-state index < -0.39 is 17.6 Å². The molecular weight excluding hydrogens is 530 g/mol. The number of ether oxygens (including phenoxy) is 1. The van der Waals surface area contributed by atoms with Crippen LogP contribution >= 0.6 is 12.4 Å². The lowest BCUT2D eigenvalue weighted by Crippen LogP contribution is -2.73. The molecule has 8 nitrogen and oxygen atoms in total. The summed E-state index contributed by atoms with van der Waals surface area (Å²) in [6.07, 6.45) is 3.83. The lowest BCUT2D eigenvalue weighted by molar-refractivity contribution is -0.161. The first-order chi connectivity index (χ1) is 18.7. The fourth-order valence-electron chi connectivity index (χ4n) is 5.64. The van der Waals surface area contributed by atoms with Gasteiger partial charge in [0.05, 0.1) is 5.56 Å². The molecule has 2 aliphatic heterocycles. The zero-order valence-electron chi connectivity index (χ0n) is 23.7. The summed E-state index contributed by atoms with van der Waals surface area (Å²) in [6, 6.07) is 14.3. The number of likely N-dealkylation sites (tertiary alicyclic amines) is 1. The first-order valence-corrected chi connectivity index (χ1v) is 14.1. The molecule has 2 N–H and O–H groups in total. The van der Waals surface area contributed by atoms with Crippen molar-refractivity contribution < 1.29 is 24.2 Å². The Balaban J connectivity index is 0.00000441. The highest BCUT2D eigenvalue weighted by molar-refractivity contribution is 6.00. The molecule has 2 heterocycles. The normalized spacial score (nSPS) is 18.9. The van der Waals surface area contributed by atoms with Crippen LogP contribution in [0.4, 0.5) is 0 Å². The largest absolute Gasteiger partial charge is 0.489 e. The second kappa shape index (κ2) is 14.0. The molecule has 2 aromatic rings. The Morgan fingerprint density at radius 1 is 1.10 bits per heavy atom. The summed E-state index contributed by atoms with van der Waals surface area (Å²) in [6.45, 7) is 9.46. The Kier molecular flexibility index (Phi) is 11.0. The summed E-state index contributed by atoms with van der Waals surface area (Å²) < 4.78 is 5.86. The second-order valence-electron chi connectivity index (χ2n) is 11.2. The maximum Gasteiger partial charge on any atom is 0.335 e. The molecule has 0 aromatic heterocycles. The van der Waals surface area contributed by atoms with Gasteiger partial charge in [-0.2, -0.15) is 0 Å². The molecule has 2 fully saturated rings. The fourth-order valence-corrected chi connectivity index (χ4v) is 5.64. The van der Waals surface area contributed by atoms with Gasteiger partial charge in [0, 0.05) is 26.2 Å². The van der Waals surface area contributed by atoms with Crippen LogP contribution in [0.3, 0.4) is 0 Å². The zero-order valence-corrected chi connectivity index (χ0v) is 24.5. The molecule has 0 radical (unpaired) electrons. The van der Waals surface area contributed by atoms with Gasteiger partial charge in [0.25, 0.3) is 0 Å². The van der Waals surface area contributed by atoms with Crippen molar-refractivity contribution in [3.05, 3.63) is 65.2 Å². The number of hydrogen-bond acceptors (Lipinski definition) is 5. The summed E-state index contributed by atoms with van der Waals surface area (Å²) >= 11 is 0. The Hall–Kier alpha value is -3.10. The summed E-state index contributed by atoms with van der Waals surface area (Å²) in [5, 5.41) is 12.2. The standard InChI is InChI=1S/C31H41N3O5.ClH/c1-4-5-15-34-28(35)27(18-22(2)3)32-30(38)31(34)13-16-33(17-14-31)20-23-9-11-26(12-10-23)39-21-24-7-6-8-25(19-24)29(36)37;/h6-12,19,22,27H,4-5,13-18,20-21H2,1-3H3,(H,32,38)(H,36,37);1H/t27-;/m0./s1. The highest BCUT2D eigenvalue weighted by Gasteiger charge is 2.53. The first-order valence-electron chi connectivity index (χ1n) is 14.1. The lowest BCUT2D eigenvalue weighted by Gasteiger charge is -2.52. The van der Waals surface area contributed by atoms with Crippen molar-refractivity contribution in [1.29, 1.82) is 0 Å². The molecule has 2 amide bonds. The van der Waals surface area contributed by atoms with Gasteiger partial charge in [0.1, 0.15) is 23.9 Å². The number of piperazine rings is 1. The average Bonchev–Trinajstić information content (AvgIpc) is 2.92. The van der Waals surface area contributed by atoms with Gasteiger partial charge in [-0.3, -0.25) is 14.5 Å². The lowest BCUT2D eigenvalue weighted by atomic mass is 9.80. The number of benzene rings is 2. The number of hydrogen-bond donors (Lipinski definition) is 2. The number of carbonyl (C=O) groups excluding carboxylic acids is 2. The SMILES string of the molecule is CCCCN1C(=O)[C@H](CC(C)C)NC(=O)C12CCN(Cc1ccc(OCc3cccc(C(=O)O)c3)cc1)CC2.Cl. The topological polar surface area (TPSA) is 99.2 Å². The highest BCUT2D eigenvalue weighted by Crippen LogP contribution is 2.34. The van der Waals surface area contributed by atoms with E-state index >= 15 is 0 Å². The number of carbonyl (C=O) groups is 3. The highest BCUT2D eigenvalue weighted by atomic mass is 35.5. The molecule has 2 aliphatic rings. The Morgan fingerprint density at radius 3 is 2.42 bits per heavy atom. The van der Waals surface area contributed by atoms with E-state index in [9.17, 15) is 14.4 Å². The van der Waals surface area contributed by atoms with Gasteiger partial charge < -0.3 is 20.1 Å². The van der Waals surface area contributed by atoms with Crippen molar-refractivity contribution in [2.45, 2.75) is 77.6 Å². The van der Waals surface area contributed by atoms with Crippen LogP contribution in [0.15, 0.2) is 48.5 Å². The number of unbranched alkanes of at least 4 members (excludes halogenated alkanes) is 1. The Morgan fingerprint density at radius 2 is 1.80 bits per heavy atom. The van der Waals surface area contributed by atoms with E-state index in [1.165, 1.54) is 0 Å². The number of amides is 2. The quantitative estimate of drug-likeness (QED) is 0.398. The Labute approximate surface area is 243 Å². The second-order valence-corrected chi connectivity index (χ2v) is 11.2. The van der Waals surface area contributed by atoms with Crippen molar-refractivity contribution in [1.82, 2.24) is 15.1 Å². The van der Waals surface area contributed by atoms with Crippen LogP contribution in [0.5, 0.6) is 5.75 Å². The molecule has 0 aliphatic carbocycles. The molecule has 4 rings (SSSR count). The minimum Gasteiger partial charge on any atom is -0.489 e. The molecule has 1 spiro atoms. The molecule has 1 atom stereocenters. The van der Waals surface area contributed by atoms with Gasteiger partial charge in [-0.1, -0.05) is 51.5 Å². The number of carboxylic acid groups (broad SMARTS) is 1. The molecule has 40 heavy (non-hydrogen) atoms. The van der Waals surface area contributed by atoms with E-state index in [4.69, 9.17) is 9.84 Å². The molecule has 218 valence electrons. The van der Waals surface area contributed by atoms with Crippen molar-refractivity contribution in [3.8, 4) is 5.75 Å². The number of carboxylic acids is 1. The van der Waals surface area contributed by atoms with Gasteiger partial charge in [0.15, 0.2) is 0 Å². The molecule has 9 heteroatoms. The Bertz CT molecular complexity index is 1160. The van der Waals surface area contributed by atoms with Crippen molar-refractivity contribution >= 4 is 30.2 Å². The van der Waals surface area contributed by atoms with Crippen LogP contribution in [0.1, 0.15) is 74.4 Å². The zero-order chi connectivity index (χ0) is 28.0. The van der Waals surface area contributed by atoms with E-state index in [0.717, 1.165) is 49.4 Å². The van der Waals surface area contributed by atoms with E-state index in [1.807, 2.05) is 35.2 Å². The maximum atomic E-state index is 13.4. The van der Waals surface area contributed by atoms with E-state index in [-0.39, 0.29) is 29.8 Å². The summed E-state index contributed by atoms with van der Waals surface area (Å²) in [5.41, 5.74) is 1.45. The van der Waals surface area contributed by atoms with E-state index in [1.54, 1.807) is 18.2 Å². The monoisotopic (exact) mass is 571 g/mol. The average molecular weight is 572 g/mol. The van der Waals surface area contributed by atoms with Gasteiger partial charge >= 0.3 is 5.97 Å². The minimum absolute atomic E-state index is 0. The minimum atomic E-state index is -0.954. The van der Waals surface area contributed by atoms with Crippen LogP contribution in [0, 0.1) is 5.92 Å². The van der Waals surface area contributed by atoms with Crippen LogP contribution in [-0.4, -0.2) is 63.9 Å². The van der Waals surface area contributed by atoms with Gasteiger partial charge in [-0.25, -0.2) is 4.79 Å². The van der Waals surface area contributed by atoms with Crippen molar-refractivity contribution in [2.24, 2.45) is 5.92 Å². The van der Waals surface area contributed by atoms with Gasteiger partial charge in [-0.05, 0) is 67.0 Å². The molecule has 2 aromatic carbocycles. The van der Waals surface area contributed by atoms with Gasteiger partial charge in [-0.15, -0.1) is 12.4 Å². The molecule has 0 bridgehead atoms. The third-order valence-corrected chi connectivity index (χ3v) is 7.84. The first kappa shape index (κ1) is 31.4. The molecule has 0 unspecified atom stereocenters. The van der Waals surface area contributed by atoms with Crippen LogP contribution < -0.4 is 10.1 Å². The van der Waals surface area contributed by atoms with Crippen LogP contribution in [-0.2, 0) is 22.7 Å². The van der Waals surface area contributed by atoms with Gasteiger partial charge in [0.2, 0.25) is 11.8 Å². The number of rotatable bonds is 11. The van der Waals surface area contributed by atoms with Crippen LogP contribution in [0.25, 0.3) is 0 Å². The summed E-state index contributed by atoms with van der Waals surface area (Å²) in [7, 11) is 0. The number of piperidine rings is 1. The fraction of sp³-hybridized carbons (Fsp3) is 0.516. The number of nitrogens with one attached hydrogen (secondary N) is 1. The van der Waals surface area contributed by atoms with E-state index in [2.05, 4.69) is 31.0 Å². The van der Waals surface area contributed by atoms with Crippen molar-refractivity contribution in [3.63, 3.8) is 0 Å². The predicted octanol–water partition coefficient (Wildman–Crippen LogP) is 4.89. The van der Waals surface area contributed by atoms with E-state index in [0.29, 0.717) is 38.3 Å². The summed E-state index contributed by atoms with van der Waals surface area (Å²) in [5.74, 6) is 0.194. The maximum absolute atomic E-state index is 13.4. The molecular formula is C31H42ClN3O5. The van der Waals surface area contributed by atoms with Crippen molar-refractivity contribution in [2.75, 3.05) is 19.6 Å². The predicted molar refractivity (Wildman–Crippen MR) is 157 cm³/mol. The smallest absolute Gasteiger partial charge is 0.335 e. The summed E-state index contributed by atoms with van der Waals surface area (Å²) in [4.78, 5) is 42.3. The third kappa shape index (κ3) is 7.34. The number of nitrogens with zero attached hydrogens (tertiary/aromatic N) is 2. The molecule has 0 saturated carbocycles. The third-order valence-electron chi connectivity index (χ3n) is 7.84. The van der Waals surface area contributed by atoms with Crippen LogP contribution in [0.2, 0.25) is 0 Å². The number of aromatic carboxylic acids is 1. The number of halogens is 1. The molecule has 2 saturated heterocycles.